The van der Waals surface area contributed by atoms with Gasteiger partial charge in [-0.2, -0.15) is 0 Å². The highest BCUT2D eigenvalue weighted by atomic mass is 79.9. The summed E-state index contributed by atoms with van der Waals surface area (Å²) < 4.78 is 12.3. The van der Waals surface area contributed by atoms with Crippen molar-refractivity contribution in [3.63, 3.8) is 0 Å². The van der Waals surface area contributed by atoms with Gasteiger partial charge in [0.05, 0.1) is 13.2 Å². The fourth-order valence-corrected chi connectivity index (χ4v) is 2.74. The Bertz CT molecular complexity index is 694. The summed E-state index contributed by atoms with van der Waals surface area (Å²) in [6.45, 7) is 1.35. The Kier molecular flexibility index (Phi) is 4.80. The Morgan fingerprint density at radius 3 is 2.45 bits per heavy atom. The summed E-state index contributed by atoms with van der Waals surface area (Å²) in [5, 5.41) is 6.81. The van der Waals surface area contributed by atoms with Crippen LogP contribution in [0.15, 0.2) is 46.9 Å². The minimum absolute atomic E-state index is 0.521. The molecule has 0 aromatic heterocycles. The summed E-state index contributed by atoms with van der Waals surface area (Å²) in [6.07, 6.45) is 0.889. The summed E-state index contributed by atoms with van der Waals surface area (Å²) in [6, 6.07) is 13.5. The Hall–Kier alpha value is -1.79. The molecule has 0 aliphatic carbocycles. The van der Waals surface area contributed by atoms with Crippen LogP contribution in [0.3, 0.4) is 0 Å². The summed E-state index contributed by atoms with van der Waals surface area (Å²) in [5.41, 5.74) is 1.78. The lowest BCUT2D eigenvalue weighted by Crippen LogP contribution is -2.19. The highest BCUT2D eigenvalue weighted by Gasteiger charge is 2.11. The van der Waals surface area contributed by atoms with Gasteiger partial charge in [-0.15, -0.1) is 0 Å². The van der Waals surface area contributed by atoms with Crippen LogP contribution in [0, 0.1) is 0 Å². The minimum atomic E-state index is 0.521. The van der Waals surface area contributed by atoms with Crippen molar-refractivity contribution in [2.75, 3.05) is 23.8 Å². The molecule has 114 valence electrons. The molecule has 1 heterocycles. The molecule has 2 aromatic rings. The molecule has 0 saturated carbocycles. The molecule has 1 aliphatic rings. The number of anilines is 2. The number of fused-ring (bicyclic) bond motifs is 1. The second kappa shape index (κ2) is 6.98. The highest BCUT2D eigenvalue weighted by Crippen LogP contribution is 2.32. The molecule has 3 rings (SSSR count). The van der Waals surface area contributed by atoms with Gasteiger partial charge in [-0.25, -0.2) is 0 Å². The molecule has 0 spiro atoms. The summed E-state index contributed by atoms with van der Waals surface area (Å²) in [4.78, 5) is 0. The van der Waals surface area contributed by atoms with Crippen LogP contribution >= 0.6 is 28.1 Å². The van der Waals surface area contributed by atoms with Gasteiger partial charge in [0.1, 0.15) is 0 Å². The molecule has 0 radical (unpaired) electrons. The Morgan fingerprint density at radius 2 is 1.68 bits per heavy atom. The number of hydrogen-bond donors (Lipinski definition) is 2. The zero-order chi connectivity index (χ0) is 15.4. The molecular formula is C16H15BrN2O2S. The third-order valence-electron chi connectivity index (χ3n) is 3.09. The third-order valence-corrected chi connectivity index (χ3v) is 3.79. The first-order valence-corrected chi connectivity index (χ1v) is 8.14. The molecule has 4 nitrogen and oxygen atoms in total. The van der Waals surface area contributed by atoms with E-state index in [1.807, 2.05) is 42.5 Å². The first-order valence-electron chi connectivity index (χ1n) is 6.94. The number of rotatable bonds is 2. The van der Waals surface area contributed by atoms with E-state index in [-0.39, 0.29) is 0 Å². The second-order valence-electron chi connectivity index (χ2n) is 4.80. The van der Waals surface area contributed by atoms with Crippen LogP contribution in [0.4, 0.5) is 11.4 Å². The standard InChI is InChI=1S/C16H15BrN2O2S/c17-11-3-1-4-12(9-11)18-16(22)19-13-5-6-14-15(10-13)21-8-2-7-20-14/h1,3-6,9-10H,2,7-8H2,(H2,18,19,22). The second-order valence-corrected chi connectivity index (χ2v) is 6.13. The minimum Gasteiger partial charge on any atom is -0.490 e. The maximum absolute atomic E-state index is 5.67. The number of thiocarbonyl (C=S) groups is 1. The molecule has 0 saturated heterocycles. The normalized spacial score (nSPS) is 13.1. The van der Waals surface area contributed by atoms with E-state index in [9.17, 15) is 0 Å². The van der Waals surface area contributed by atoms with Gasteiger partial charge in [-0.1, -0.05) is 22.0 Å². The highest BCUT2D eigenvalue weighted by molar-refractivity contribution is 9.10. The first kappa shape index (κ1) is 15.1. The lowest BCUT2D eigenvalue weighted by Gasteiger charge is -2.13. The molecule has 0 fully saturated rings. The maximum atomic E-state index is 5.67. The SMILES string of the molecule is S=C(Nc1cccc(Br)c1)Nc1ccc2c(c1)OCCCO2. The fourth-order valence-electron chi connectivity index (χ4n) is 2.10. The van der Waals surface area contributed by atoms with E-state index in [2.05, 4.69) is 26.6 Å². The summed E-state index contributed by atoms with van der Waals surface area (Å²) >= 11 is 8.77. The van der Waals surface area contributed by atoms with Crippen LogP contribution in [0.5, 0.6) is 11.5 Å². The van der Waals surface area contributed by atoms with Crippen molar-refractivity contribution in [1.29, 1.82) is 0 Å². The topological polar surface area (TPSA) is 42.5 Å². The van der Waals surface area contributed by atoms with Crippen molar-refractivity contribution >= 4 is 44.6 Å². The Morgan fingerprint density at radius 1 is 0.955 bits per heavy atom. The molecule has 2 aromatic carbocycles. The van der Waals surface area contributed by atoms with Gasteiger partial charge in [-0.05, 0) is 42.5 Å². The zero-order valence-electron chi connectivity index (χ0n) is 11.8. The van der Waals surface area contributed by atoms with E-state index in [4.69, 9.17) is 21.7 Å². The number of hydrogen-bond acceptors (Lipinski definition) is 3. The predicted molar refractivity (Wildman–Crippen MR) is 96.0 cm³/mol. The molecule has 0 amide bonds. The Labute approximate surface area is 142 Å². The molecule has 0 unspecified atom stereocenters. The van der Waals surface area contributed by atoms with E-state index in [1.54, 1.807) is 0 Å². The van der Waals surface area contributed by atoms with Crippen molar-refractivity contribution < 1.29 is 9.47 Å². The van der Waals surface area contributed by atoms with E-state index in [1.165, 1.54) is 0 Å². The molecular weight excluding hydrogens is 364 g/mol. The van der Waals surface area contributed by atoms with Crippen molar-refractivity contribution in [1.82, 2.24) is 0 Å². The summed E-state index contributed by atoms with van der Waals surface area (Å²) in [5.74, 6) is 1.52. The van der Waals surface area contributed by atoms with Crippen LogP contribution in [0.1, 0.15) is 6.42 Å². The number of ether oxygens (including phenoxy) is 2. The predicted octanol–water partition coefficient (Wildman–Crippen LogP) is 4.42. The van der Waals surface area contributed by atoms with Crippen LogP contribution < -0.4 is 20.1 Å². The number of nitrogens with one attached hydrogen (secondary N) is 2. The molecule has 6 heteroatoms. The van der Waals surface area contributed by atoms with Gasteiger partial charge in [0, 0.05) is 28.3 Å². The van der Waals surface area contributed by atoms with Gasteiger partial charge in [-0.3, -0.25) is 0 Å². The first-order chi connectivity index (χ1) is 10.7. The number of benzene rings is 2. The van der Waals surface area contributed by atoms with Gasteiger partial charge in [0.2, 0.25) is 0 Å². The van der Waals surface area contributed by atoms with E-state index in [0.717, 1.165) is 33.8 Å². The van der Waals surface area contributed by atoms with Gasteiger partial charge >= 0.3 is 0 Å². The molecule has 0 atom stereocenters. The van der Waals surface area contributed by atoms with Crippen molar-refractivity contribution in [2.45, 2.75) is 6.42 Å². The maximum Gasteiger partial charge on any atom is 0.175 e. The van der Waals surface area contributed by atoms with Gasteiger partial charge < -0.3 is 20.1 Å². The summed E-state index contributed by atoms with van der Waals surface area (Å²) in [7, 11) is 0. The van der Waals surface area contributed by atoms with Crippen LogP contribution in [0.2, 0.25) is 0 Å². The fraction of sp³-hybridized carbons (Fsp3) is 0.188. The molecule has 2 N–H and O–H groups in total. The van der Waals surface area contributed by atoms with Crippen LogP contribution in [-0.2, 0) is 0 Å². The molecule has 0 bridgehead atoms. The largest absolute Gasteiger partial charge is 0.490 e. The van der Waals surface area contributed by atoms with Gasteiger partial charge in [0.25, 0.3) is 0 Å². The van der Waals surface area contributed by atoms with E-state index >= 15 is 0 Å². The van der Waals surface area contributed by atoms with Crippen molar-refractivity contribution in [3.05, 3.63) is 46.9 Å². The smallest absolute Gasteiger partial charge is 0.175 e. The van der Waals surface area contributed by atoms with Crippen LogP contribution in [0.25, 0.3) is 0 Å². The third kappa shape index (κ3) is 3.90. The molecule has 1 aliphatic heterocycles. The quantitative estimate of drug-likeness (QED) is 0.757. The van der Waals surface area contributed by atoms with Crippen molar-refractivity contribution in [2.24, 2.45) is 0 Å². The average Bonchev–Trinajstić information content (AvgIpc) is 2.72. The van der Waals surface area contributed by atoms with E-state index in [0.29, 0.717) is 18.3 Å². The van der Waals surface area contributed by atoms with E-state index < -0.39 is 0 Å². The Balaban J connectivity index is 1.67. The van der Waals surface area contributed by atoms with Crippen LogP contribution in [-0.4, -0.2) is 18.3 Å². The van der Waals surface area contributed by atoms with Gasteiger partial charge in [0.15, 0.2) is 16.6 Å². The molecule has 22 heavy (non-hydrogen) atoms. The zero-order valence-corrected chi connectivity index (χ0v) is 14.2. The average molecular weight is 379 g/mol. The lowest BCUT2D eigenvalue weighted by atomic mass is 10.3. The van der Waals surface area contributed by atoms with Crippen molar-refractivity contribution in [3.8, 4) is 11.5 Å². The number of halogens is 1. The monoisotopic (exact) mass is 378 g/mol. The lowest BCUT2D eigenvalue weighted by molar-refractivity contribution is 0.297.